The third-order valence-electron chi connectivity index (χ3n) is 11.9. The molecule has 57 heavy (non-hydrogen) atoms. The molecule has 3 aliphatic carbocycles. The van der Waals surface area contributed by atoms with Crippen LogP contribution in [0.15, 0.2) is 36.4 Å². The molecule has 1 aromatic heterocycles. The number of benzene rings is 1. The first-order valence-electron chi connectivity index (χ1n) is 19.5. The number of rotatable bonds is 6. The van der Waals surface area contributed by atoms with E-state index in [1.165, 1.54) is 11.0 Å². The number of carbonyl (C=O) groups excluding carboxylic acids is 4. The van der Waals surface area contributed by atoms with E-state index in [1.807, 2.05) is 6.92 Å². The highest BCUT2D eigenvalue weighted by Gasteiger charge is 2.63. The summed E-state index contributed by atoms with van der Waals surface area (Å²) in [6.45, 7) is 8.03. The number of halogens is 2. The summed E-state index contributed by atoms with van der Waals surface area (Å²) in [5, 5.41) is 5.49. The van der Waals surface area contributed by atoms with Gasteiger partial charge in [-0.05, 0) is 75.0 Å². The lowest BCUT2D eigenvalue weighted by Crippen LogP contribution is -2.60. The van der Waals surface area contributed by atoms with Gasteiger partial charge in [0.25, 0.3) is 5.91 Å². The number of nitrogens with zero attached hydrogens (tertiary/aromatic N) is 3. The van der Waals surface area contributed by atoms with Crippen molar-refractivity contribution < 1.29 is 50.6 Å². The van der Waals surface area contributed by atoms with Crippen molar-refractivity contribution in [2.75, 3.05) is 13.2 Å². The Kier molecular flexibility index (Phi) is 10.5. The van der Waals surface area contributed by atoms with Crippen LogP contribution in [-0.2, 0) is 39.8 Å². The van der Waals surface area contributed by atoms with E-state index in [1.54, 1.807) is 45.9 Å². The molecular formula is C39H50F2N6O9S. The lowest BCUT2D eigenvalue weighted by atomic mass is 9.85. The number of nitrogens with one attached hydrogen (secondary N) is 3. The molecule has 18 heteroatoms. The molecule has 3 N–H and O–H groups in total. The highest BCUT2D eigenvalue weighted by Crippen LogP contribution is 2.48. The highest BCUT2D eigenvalue weighted by atomic mass is 32.2. The van der Waals surface area contributed by atoms with Crippen LogP contribution in [0.3, 0.4) is 0 Å². The molecule has 2 bridgehead atoms. The maximum Gasteiger partial charge on any atom is 0.408 e. The second-order valence-corrected chi connectivity index (χ2v) is 19.4. The van der Waals surface area contributed by atoms with Gasteiger partial charge in [0, 0.05) is 6.42 Å². The fraction of sp³-hybridized carbons (Fsp3) is 0.641. The van der Waals surface area contributed by atoms with E-state index < -0.39 is 103 Å². The van der Waals surface area contributed by atoms with E-state index in [0.29, 0.717) is 44.6 Å². The Morgan fingerprint density at radius 1 is 1.05 bits per heavy atom. The van der Waals surface area contributed by atoms with Crippen LogP contribution in [0.5, 0.6) is 5.88 Å². The molecule has 1 aromatic carbocycles. The van der Waals surface area contributed by atoms with Crippen LogP contribution in [-0.4, -0.2) is 101 Å². The molecule has 4 amide bonds. The van der Waals surface area contributed by atoms with Crippen LogP contribution in [0.25, 0.3) is 11.0 Å². The van der Waals surface area contributed by atoms with E-state index in [4.69, 9.17) is 14.2 Å². The van der Waals surface area contributed by atoms with E-state index in [0.717, 1.165) is 6.08 Å². The number of hydrogen-bond acceptors (Lipinski definition) is 11. The van der Waals surface area contributed by atoms with Crippen molar-refractivity contribution in [2.24, 2.45) is 11.3 Å². The van der Waals surface area contributed by atoms with Crippen LogP contribution in [0.2, 0.25) is 0 Å². The van der Waals surface area contributed by atoms with Crippen LogP contribution in [0, 0.1) is 11.3 Å². The first-order chi connectivity index (χ1) is 26.8. The minimum atomic E-state index is -4.04. The fourth-order valence-corrected chi connectivity index (χ4v) is 9.30. The molecule has 15 nitrogen and oxygen atoms in total. The van der Waals surface area contributed by atoms with Gasteiger partial charge in [-0.1, -0.05) is 52.3 Å². The molecule has 0 unspecified atom stereocenters. The summed E-state index contributed by atoms with van der Waals surface area (Å²) in [5.74, 6) is -6.92. The summed E-state index contributed by atoms with van der Waals surface area (Å²) < 4.78 is 77.2. The molecule has 1 saturated heterocycles. The summed E-state index contributed by atoms with van der Waals surface area (Å²) in [7, 11) is -4.04. The quantitative estimate of drug-likeness (QED) is 0.357. The molecule has 2 aliphatic heterocycles. The lowest BCUT2D eigenvalue weighted by molar-refractivity contribution is -0.143. The van der Waals surface area contributed by atoms with Gasteiger partial charge < -0.3 is 29.7 Å². The number of aromatic nitrogens is 2. The molecule has 7 atom stereocenters. The summed E-state index contributed by atoms with van der Waals surface area (Å²) in [5.41, 5.74) is -2.81. The number of alkyl halides is 2. The summed E-state index contributed by atoms with van der Waals surface area (Å²) >= 11 is 0. The molecule has 0 spiro atoms. The molecule has 3 saturated carbocycles. The Morgan fingerprint density at radius 2 is 1.74 bits per heavy atom. The van der Waals surface area contributed by atoms with Gasteiger partial charge in [-0.2, -0.15) is 8.78 Å². The summed E-state index contributed by atoms with van der Waals surface area (Å²) in [6.07, 6.45) is 1.36. The molecular weight excluding hydrogens is 767 g/mol. The maximum atomic E-state index is 16.1. The predicted molar refractivity (Wildman–Crippen MR) is 201 cm³/mol. The zero-order valence-corrected chi connectivity index (χ0v) is 33.5. The summed E-state index contributed by atoms with van der Waals surface area (Å²) in [6, 6.07) is 3.86. The van der Waals surface area contributed by atoms with Crippen molar-refractivity contribution in [3.05, 3.63) is 42.1 Å². The Labute approximate surface area is 330 Å². The fourth-order valence-electron chi connectivity index (χ4n) is 7.99. The van der Waals surface area contributed by atoms with Gasteiger partial charge in [-0.3, -0.25) is 19.1 Å². The third-order valence-corrected chi connectivity index (χ3v) is 14.1. The van der Waals surface area contributed by atoms with Gasteiger partial charge in [0.1, 0.15) is 29.8 Å². The van der Waals surface area contributed by atoms with Crippen LogP contribution >= 0.6 is 0 Å². The Balaban J connectivity index is 1.25. The Hall–Kier alpha value is -4.45. The van der Waals surface area contributed by atoms with Crippen molar-refractivity contribution in [1.29, 1.82) is 0 Å². The smallest absolute Gasteiger partial charge is 0.408 e. The van der Waals surface area contributed by atoms with Crippen molar-refractivity contribution in [3.8, 4) is 5.88 Å². The molecule has 4 fully saturated rings. The zero-order chi connectivity index (χ0) is 41.1. The standard InChI is InChI=1S/C39H50F2N6O9S/c1-6-22-20-38(22,34(50)46-57(52,53)37(5)16-17-37)45-31(48)26-19-23-21-47(26)33(49)30(36(2,3)4)44-35(51)56-28-14-9-13-27(28)54-18-10-15-39(40,41)29-32(55-23)43-25-12-8-7-11-24(25)42-29/h7-8,10-12,15,22-23,26-28,30H,6,9,13-14,16-21H2,1-5H3,(H,44,51)(H,45,48)(H,46,50)/b15-10+/t22-,23-,26+,27-,28-,30-,38-/m1/s1. The Bertz CT molecular complexity index is 2090. The second kappa shape index (κ2) is 14.7. The van der Waals surface area contributed by atoms with Gasteiger partial charge >= 0.3 is 12.0 Å². The largest absolute Gasteiger partial charge is 0.471 e. The normalized spacial score (nSPS) is 31.7. The number of carbonyl (C=O) groups is 4. The zero-order valence-electron chi connectivity index (χ0n) is 32.7. The maximum absolute atomic E-state index is 16.1. The molecule has 2 aromatic rings. The number of sulfonamides is 1. The molecule has 310 valence electrons. The average molecular weight is 817 g/mol. The Morgan fingerprint density at radius 3 is 2.39 bits per heavy atom. The van der Waals surface area contributed by atoms with Crippen LogP contribution < -0.4 is 20.1 Å². The van der Waals surface area contributed by atoms with Gasteiger partial charge in [0.15, 0.2) is 5.69 Å². The third kappa shape index (κ3) is 8.03. The number of para-hydroxylation sites is 2. The van der Waals surface area contributed by atoms with Crippen LogP contribution in [0.4, 0.5) is 13.6 Å². The van der Waals surface area contributed by atoms with Gasteiger partial charge in [-0.25, -0.2) is 23.2 Å². The van der Waals surface area contributed by atoms with E-state index in [-0.39, 0.29) is 37.0 Å². The number of alkyl carbamates (subject to hydrolysis) is 1. The molecule has 7 rings (SSSR count). The van der Waals surface area contributed by atoms with Gasteiger partial charge in [0.2, 0.25) is 27.7 Å². The van der Waals surface area contributed by atoms with Gasteiger partial charge in [0.05, 0.1) is 35.0 Å². The molecule has 3 heterocycles. The van der Waals surface area contributed by atoms with E-state index in [9.17, 15) is 27.6 Å². The average Bonchev–Trinajstić information content (AvgIpc) is 3.96. The SMILES string of the molecule is CC[C@@H]1C[C@]1(NC(=O)[C@@H]1C[C@@H]2CN1C(=O)[C@H](C(C)(C)C)NC(=O)O[C@@H]1CCC[C@H]1OC/C=C/C(F)(F)c1nc3ccccc3nc1O2)C(=O)NS(=O)(=O)C1(C)CC1. The molecule has 0 radical (unpaired) electrons. The first-order valence-corrected chi connectivity index (χ1v) is 21.0. The number of ether oxygens (including phenoxy) is 3. The minimum absolute atomic E-state index is 0.163. The molecule has 5 aliphatic rings. The number of fused-ring (bicyclic) bond motifs is 5. The van der Waals surface area contributed by atoms with Crippen LogP contribution in [0.1, 0.15) is 91.7 Å². The number of hydrogen-bond donors (Lipinski definition) is 3. The number of amides is 4. The highest BCUT2D eigenvalue weighted by molar-refractivity contribution is 7.91. The van der Waals surface area contributed by atoms with E-state index >= 15 is 8.78 Å². The topological polar surface area (TPSA) is 195 Å². The first kappa shape index (κ1) is 40.7. The van der Waals surface area contributed by atoms with Crippen molar-refractivity contribution in [2.45, 2.75) is 133 Å². The van der Waals surface area contributed by atoms with Crippen molar-refractivity contribution in [3.63, 3.8) is 0 Å². The predicted octanol–water partition coefficient (Wildman–Crippen LogP) is 4.00. The minimum Gasteiger partial charge on any atom is -0.471 e. The monoisotopic (exact) mass is 816 g/mol. The van der Waals surface area contributed by atoms with Crippen molar-refractivity contribution >= 4 is 44.9 Å². The van der Waals surface area contributed by atoms with Gasteiger partial charge in [-0.15, -0.1) is 0 Å². The van der Waals surface area contributed by atoms with E-state index in [2.05, 4.69) is 25.3 Å². The summed E-state index contributed by atoms with van der Waals surface area (Å²) in [4.78, 5) is 66.1. The number of allylic oxidation sites excluding steroid dienone is 1. The lowest BCUT2D eigenvalue weighted by Gasteiger charge is -2.35. The second-order valence-electron chi connectivity index (χ2n) is 17.2. The van der Waals surface area contributed by atoms with Crippen molar-refractivity contribution in [1.82, 2.24) is 30.2 Å².